The summed E-state index contributed by atoms with van der Waals surface area (Å²) < 4.78 is 5.73. The highest BCUT2D eigenvalue weighted by Crippen LogP contribution is 2.25. The SMILES string of the molecule is CC1CCCC(OCC(O)CNC(C)CO)C1. The van der Waals surface area contributed by atoms with E-state index in [0.717, 1.165) is 18.8 Å². The third-order valence-corrected chi connectivity index (χ3v) is 3.39. The highest BCUT2D eigenvalue weighted by Gasteiger charge is 2.20. The molecule has 0 bridgehead atoms. The largest absolute Gasteiger partial charge is 0.395 e. The molecule has 4 unspecified atom stereocenters. The minimum atomic E-state index is -0.485. The monoisotopic (exact) mass is 245 g/mol. The quantitative estimate of drug-likeness (QED) is 0.624. The zero-order chi connectivity index (χ0) is 12.7. The van der Waals surface area contributed by atoms with Crippen LogP contribution in [0, 0.1) is 5.92 Å². The van der Waals surface area contributed by atoms with Crippen LogP contribution in [0.1, 0.15) is 39.5 Å². The molecule has 3 N–H and O–H groups in total. The number of nitrogens with one attached hydrogen (secondary N) is 1. The van der Waals surface area contributed by atoms with Crippen molar-refractivity contribution in [1.82, 2.24) is 5.32 Å². The Bertz CT molecular complexity index is 201. The maximum absolute atomic E-state index is 9.72. The van der Waals surface area contributed by atoms with Gasteiger partial charge in [0.25, 0.3) is 0 Å². The molecule has 0 spiro atoms. The van der Waals surface area contributed by atoms with Crippen molar-refractivity contribution in [2.24, 2.45) is 5.92 Å². The average Bonchev–Trinajstić information content (AvgIpc) is 2.33. The zero-order valence-corrected chi connectivity index (χ0v) is 11.1. The first-order valence-electron chi connectivity index (χ1n) is 6.75. The van der Waals surface area contributed by atoms with Crippen LogP contribution in [-0.4, -0.2) is 48.2 Å². The van der Waals surface area contributed by atoms with E-state index < -0.39 is 6.10 Å². The van der Waals surface area contributed by atoms with E-state index in [1.807, 2.05) is 6.92 Å². The second-order valence-corrected chi connectivity index (χ2v) is 5.37. The van der Waals surface area contributed by atoms with Crippen LogP contribution in [-0.2, 0) is 4.74 Å². The van der Waals surface area contributed by atoms with Crippen LogP contribution < -0.4 is 5.32 Å². The molecule has 4 atom stereocenters. The standard InChI is InChI=1S/C13H27NO3/c1-10-4-3-5-13(6-10)17-9-12(16)7-14-11(2)8-15/h10-16H,3-9H2,1-2H3. The van der Waals surface area contributed by atoms with Crippen LogP contribution >= 0.6 is 0 Å². The van der Waals surface area contributed by atoms with Crippen molar-refractivity contribution in [3.63, 3.8) is 0 Å². The van der Waals surface area contributed by atoms with Gasteiger partial charge in [0.15, 0.2) is 0 Å². The molecule has 0 heterocycles. The number of hydrogen-bond donors (Lipinski definition) is 3. The number of ether oxygens (including phenoxy) is 1. The fourth-order valence-electron chi connectivity index (χ4n) is 2.24. The maximum Gasteiger partial charge on any atom is 0.0897 e. The van der Waals surface area contributed by atoms with Gasteiger partial charge in [-0.2, -0.15) is 0 Å². The molecule has 0 aliphatic heterocycles. The molecule has 0 aromatic carbocycles. The van der Waals surface area contributed by atoms with Gasteiger partial charge < -0.3 is 20.3 Å². The summed E-state index contributed by atoms with van der Waals surface area (Å²) in [6, 6.07) is 0.0272. The van der Waals surface area contributed by atoms with Gasteiger partial charge in [-0.3, -0.25) is 0 Å². The lowest BCUT2D eigenvalue weighted by molar-refractivity contribution is -0.0313. The van der Waals surface area contributed by atoms with Crippen molar-refractivity contribution in [2.45, 2.75) is 57.8 Å². The normalized spacial score (nSPS) is 28.9. The molecule has 17 heavy (non-hydrogen) atoms. The Balaban J connectivity index is 2.08. The van der Waals surface area contributed by atoms with E-state index in [2.05, 4.69) is 12.2 Å². The second-order valence-electron chi connectivity index (χ2n) is 5.37. The number of aliphatic hydroxyl groups excluding tert-OH is 2. The molecule has 1 saturated carbocycles. The second kappa shape index (κ2) is 8.03. The minimum absolute atomic E-state index is 0.0272. The van der Waals surface area contributed by atoms with Crippen LogP contribution in [0.2, 0.25) is 0 Å². The van der Waals surface area contributed by atoms with Gasteiger partial charge in [-0.05, 0) is 25.7 Å². The molecule has 0 amide bonds. The van der Waals surface area contributed by atoms with Gasteiger partial charge in [0, 0.05) is 12.6 Å². The molecular weight excluding hydrogens is 218 g/mol. The van der Waals surface area contributed by atoms with E-state index in [1.54, 1.807) is 0 Å². The Morgan fingerprint density at radius 1 is 1.41 bits per heavy atom. The van der Waals surface area contributed by atoms with Crippen LogP contribution in [0.4, 0.5) is 0 Å². The highest BCUT2D eigenvalue weighted by molar-refractivity contribution is 4.71. The highest BCUT2D eigenvalue weighted by atomic mass is 16.5. The lowest BCUT2D eigenvalue weighted by Crippen LogP contribution is -2.38. The fraction of sp³-hybridized carbons (Fsp3) is 1.00. The van der Waals surface area contributed by atoms with Crippen molar-refractivity contribution in [3.05, 3.63) is 0 Å². The third-order valence-electron chi connectivity index (χ3n) is 3.39. The van der Waals surface area contributed by atoms with Gasteiger partial charge in [0.2, 0.25) is 0 Å². The Hall–Kier alpha value is -0.160. The first-order valence-corrected chi connectivity index (χ1v) is 6.75. The van der Waals surface area contributed by atoms with E-state index in [1.165, 1.54) is 12.8 Å². The zero-order valence-electron chi connectivity index (χ0n) is 11.1. The molecule has 0 aromatic heterocycles. The van der Waals surface area contributed by atoms with E-state index in [-0.39, 0.29) is 12.6 Å². The summed E-state index contributed by atoms with van der Waals surface area (Å²) in [6.45, 7) is 5.10. The van der Waals surface area contributed by atoms with Crippen LogP contribution in [0.5, 0.6) is 0 Å². The predicted molar refractivity (Wildman–Crippen MR) is 67.9 cm³/mol. The van der Waals surface area contributed by atoms with Gasteiger partial charge in [-0.15, -0.1) is 0 Å². The summed E-state index contributed by atoms with van der Waals surface area (Å²) in [5.41, 5.74) is 0. The van der Waals surface area contributed by atoms with Gasteiger partial charge in [0.05, 0.1) is 25.4 Å². The van der Waals surface area contributed by atoms with E-state index in [0.29, 0.717) is 19.3 Å². The fourth-order valence-corrected chi connectivity index (χ4v) is 2.24. The number of aliphatic hydroxyl groups is 2. The molecule has 102 valence electrons. The van der Waals surface area contributed by atoms with Crippen molar-refractivity contribution < 1.29 is 14.9 Å². The molecule has 1 aliphatic rings. The Labute approximate surface area is 104 Å². The third kappa shape index (κ3) is 6.36. The summed E-state index contributed by atoms with van der Waals surface area (Å²) in [5.74, 6) is 0.749. The topological polar surface area (TPSA) is 61.7 Å². The number of hydrogen-bond acceptors (Lipinski definition) is 4. The van der Waals surface area contributed by atoms with Crippen LogP contribution in [0.15, 0.2) is 0 Å². The molecule has 4 nitrogen and oxygen atoms in total. The number of rotatable bonds is 7. The van der Waals surface area contributed by atoms with Gasteiger partial charge in [-0.1, -0.05) is 19.8 Å². The van der Waals surface area contributed by atoms with Gasteiger partial charge in [-0.25, -0.2) is 0 Å². The Morgan fingerprint density at radius 2 is 2.18 bits per heavy atom. The summed E-state index contributed by atoms with van der Waals surface area (Å²) in [4.78, 5) is 0. The van der Waals surface area contributed by atoms with Gasteiger partial charge in [0.1, 0.15) is 0 Å². The maximum atomic E-state index is 9.72. The first-order chi connectivity index (χ1) is 8.11. The first kappa shape index (κ1) is 14.9. The van der Waals surface area contributed by atoms with Crippen molar-refractivity contribution >= 4 is 0 Å². The lowest BCUT2D eigenvalue weighted by Gasteiger charge is -2.27. The molecule has 1 rings (SSSR count). The Kier molecular flexibility index (Phi) is 7.04. The summed E-state index contributed by atoms with van der Waals surface area (Å²) in [7, 11) is 0. The van der Waals surface area contributed by atoms with Crippen LogP contribution in [0.25, 0.3) is 0 Å². The minimum Gasteiger partial charge on any atom is -0.395 e. The molecule has 0 aromatic rings. The van der Waals surface area contributed by atoms with E-state index in [4.69, 9.17) is 9.84 Å². The molecular formula is C13H27NO3. The van der Waals surface area contributed by atoms with E-state index >= 15 is 0 Å². The molecule has 4 heteroatoms. The van der Waals surface area contributed by atoms with E-state index in [9.17, 15) is 5.11 Å². The Morgan fingerprint density at radius 3 is 2.82 bits per heavy atom. The summed E-state index contributed by atoms with van der Waals surface area (Å²) in [6.07, 6.45) is 4.62. The van der Waals surface area contributed by atoms with Crippen molar-refractivity contribution in [2.75, 3.05) is 19.8 Å². The summed E-state index contributed by atoms with van der Waals surface area (Å²) >= 11 is 0. The van der Waals surface area contributed by atoms with Gasteiger partial charge >= 0.3 is 0 Å². The van der Waals surface area contributed by atoms with Crippen LogP contribution in [0.3, 0.4) is 0 Å². The lowest BCUT2D eigenvalue weighted by atomic mass is 9.89. The molecule has 0 saturated heterocycles. The predicted octanol–water partition coefficient (Wildman–Crippen LogP) is 0.913. The van der Waals surface area contributed by atoms with Crippen molar-refractivity contribution in [3.8, 4) is 0 Å². The molecule has 1 fully saturated rings. The average molecular weight is 245 g/mol. The summed E-state index contributed by atoms with van der Waals surface area (Å²) in [5, 5.41) is 21.6. The smallest absolute Gasteiger partial charge is 0.0897 e. The van der Waals surface area contributed by atoms with Crippen molar-refractivity contribution in [1.29, 1.82) is 0 Å². The molecule has 1 aliphatic carbocycles. The molecule has 0 radical (unpaired) electrons.